The number of imidazole rings is 1. The molecule has 1 N–H and O–H groups in total. The number of nitrogens with zero attached hydrogens (tertiary/aromatic N) is 3. The van der Waals surface area contributed by atoms with Gasteiger partial charge in [0, 0.05) is 54.7 Å². The monoisotopic (exact) mass is 426 g/mol. The van der Waals surface area contributed by atoms with Crippen molar-refractivity contribution in [3.8, 4) is 0 Å². The van der Waals surface area contributed by atoms with Gasteiger partial charge in [0.05, 0.1) is 11.9 Å². The quantitative estimate of drug-likeness (QED) is 0.721. The van der Waals surface area contributed by atoms with Gasteiger partial charge in [-0.2, -0.15) is 0 Å². The van der Waals surface area contributed by atoms with Gasteiger partial charge in [0.1, 0.15) is 0 Å². The predicted molar refractivity (Wildman–Crippen MR) is 116 cm³/mol. The molecular formula is C23H30N4O2S. The molecule has 1 saturated heterocycles. The van der Waals surface area contributed by atoms with Crippen LogP contribution in [0.15, 0.2) is 24.1 Å². The van der Waals surface area contributed by atoms with Gasteiger partial charge in [0.15, 0.2) is 0 Å². The molecule has 0 radical (unpaired) electrons. The van der Waals surface area contributed by atoms with Crippen molar-refractivity contribution in [2.75, 3.05) is 19.6 Å². The molecule has 3 heterocycles. The fourth-order valence-electron chi connectivity index (χ4n) is 5.29. The molecule has 1 atom stereocenters. The van der Waals surface area contributed by atoms with Crippen molar-refractivity contribution < 1.29 is 9.59 Å². The van der Waals surface area contributed by atoms with E-state index in [9.17, 15) is 9.59 Å². The average Bonchev–Trinajstić information content (AvgIpc) is 3.14. The SMILES string of the molecule is O=C(NCCCn1ccnc1)C1CC12CCN(C(=O)c1csc3c1CCCC3)CC2. The number of aromatic nitrogens is 2. The summed E-state index contributed by atoms with van der Waals surface area (Å²) >= 11 is 1.76. The maximum absolute atomic E-state index is 13.1. The zero-order valence-corrected chi connectivity index (χ0v) is 18.3. The van der Waals surface area contributed by atoms with Gasteiger partial charge in [0.25, 0.3) is 5.91 Å². The zero-order valence-electron chi connectivity index (χ0n) is 17.4. The van der Waals surface area contributed by atoms with Gasteiger partial charge >= 0.3 is 0 Å². The summed E-state index contributed by atoms with van der Waals surface area (Å²) in [5.41, 5.74) is 2.41. The summed E-state index contributed by atoms with van der Waals surface area (Å²) in [5, 5.41) is 5.20. The van der Waals surface area contributed by atoms with E-state index in [4.69, 9.17) is 0 Å². The van der Waals surface area contributed by atoms with Crippen LogP contribution >= 0.6 is 11.3 Å². The van der Waals surface area contributed by atoms with Gasteiger partial charge in [-0.25, -0.2) is 4.98 Å². The van der Waals surface area contributed by atoms with Crippen LogP contribution in [0, 0.1) is 11.3 Å². The van der Waals surface area contributed by atoms with Crippen LogP contribution in [-0.4, -0.2) is 45.9 Å². The summed E-state index contributed by atoms with van der Waals surface area (Å²) < 4.78 is 2.03. The number of carbonyl (C=O) groups excluding carboxylic acids is 2. The Morgan fingerprint density at radius 2 is 2.07 bits per heavy atom. The van der Waals surface area contributed by atoms with Gasteiger partial charge in [-0.1, -0.05) is 0 Å². The van der Waals surface area contributed by atoms with E-state index < -0.39 is 0 Å². The molecule has 7 heteroatoms. The molecule has 2 aromatic rings. The second-order valence-electron chi connectivity index (χ2n) is 9.11. The predicted octanol–water partition coefficient (Wildman–Crippen LogP) is 3.27. The number of carbonyl (C=O) groups is 2. The molecule has 2 amide bonds. The van der Waals surface area contributed by atoms with E-state index in [1.54, 1.807) is 23.9 Å². The molecule has 6 nitrogen and oxygen atoms in total. The van der Waals surface area contributed by atoms with Crippen molar-refractivity contribution in [3.05, 3.63) is 40.1 Å². The highest BCUT2D eigenvalue weighted by molar-refractivity contribution is 7.10. The van der Waals surface area contributed by atoms with E-state index in [2.05, 4.69) is 15.7 Å². The number of rotatable bonds is 6. The standard InChI is InChI=1S/C23H30N4O2S/c28-21(25-8-3-10-26-13-9-24-16-26)19-14-23(19)6-11-27(12-7-23)22(29)18-15-30-20-5-2-1-4-17(18)20/h9,13,15-16,19H,1-8,10-12,14H2,(H,25,28). The van der Waals surface area contributed by atoms with Gasteiger partial charge in [-0.3, -0.25) is 9.59 Å². The highest BCUT2D eigenvalue weighted by atomic mass is 32.1. The number of likely N-dealkylation sites (tertiary alicyclic amines) is 1. The Labute approximate surface area is 181 Å². The van der Waals surface area contributed by atoms with E-state index in [1.165, 1.54) is 23.3 Å². The Morgan fingerprint density at radius 1 is 1.23 bits per heavy atom. The Hall–Kier alpha value is -2.15. The van der Waals surface area contributed by atoms with Crippen LogP contribution in [0.1, 0.15) is 59.3 Å². The summed E-state index contributed by atoms with van der Waals surface area (Å²) in [4.78, 5) is 33.2. The van der Waals surface area contributed by atoms with Crippen molar-refractivity contribution in [2.45, 2.75) is 57.9 Å². The summed E-state index contributed by atoms with van der Waals surface area (Å²) in [6.45, 7) is 3.15. The number of hydrogen-bond acceptors (Lipinski definition) is 4. The molecular weight excluding hydrogens is 396 g/mol. The van der Waals surface area contributed by atoms with Crippen molar-refractivity contribution >= 4 is 23.2 Å². The highest BCUT2D eigenvalue weighted by Crippen LogP contribution is 2.59. The summed E-state index contributed by atoms with van der Waals surface area (Å²) in [7, 11) is 0. The second-order valence-corrected chi connectivity index (χ2v) is 10.1. The van der Waals surface area contributed by atoms with Crippen molar-refractivity contribution in [1.29, 1.82) is 0 Å². The number of thiophene rings is 1. The zero-order chi connectivity index (χ0) is 20.6. The fraction of sp³-hybridized carbons (Fsp3) is 0.609. The highest BCUT2D eigenvalue weighted by Gasteiger charge is 2.58. The summed E-state index contributed by atoms with van der Waals surface area (Å²) in [6, 6.07) is 0. The van der Waals surface area contributed by atoms with E-state index in [1.807, 2.05) is 15.7 Å². The maximum Gasteiger partial charge on any atom is 0.254 e. The molecule has 0 bridgehead atoms. The van der Waals surface area contributed by atoms with E-state index in [-0.39, 0.29) is 23.1 Å². The maximum atomic E-state index is 13.1. The molecule has 160 valence electrons. The lowest BCUT2D eigenvalue weighted by atomic mass is 9.89. The van der Waals surface area contributed by atoms with E-state index in [0.717, 1.165) is 63.7 Å². The average molecular weight is 427 g/mol. The minimum atomic E-state index is 0.136. The molecule has 1 spiro atoms. The number of amides is 2. The minimum Gasteiger partial charge on any atom is -0.356 e. The first-order valence-corrected chi connectivity index (χ1v) is 12.2. The Kier molecular flexibility index (Phi) is 5.39. The molecule has 1 unspecified atom stereocenters. The molecule has 0 aromatic carbocycles. The molecule has 5 rings (SSSR count). The van der Waals surface area contributed by atoms with Crippen molar-refractivity contribution in [3.63, 3.8) is 0 Å². The van der Waals surface area contributed by atoms with Crippen LogP contribution in [-0.2, 0) is 24.2 Å². The smallest absolute Gasteiger partial charge is 0.254 e. The first-order chi connectivity index (χ1) is 14.7. The lowest BCUT2D eigenvalue weighted by Crippen LogP contribution is -2.41. The first-order valence-electron chi connectivity index (χ1n) is 11.3. The number of aryl methyl sites for hydroxylation is 2. The van der Waals surface area contributed by atoms with Crippen molar-refractivity contribution in [1.82, 2.24) is 19.8 Å². The largest absolute Gasteiger partial charge is 0.356 e. The van der Waals surface area contributed by atoms with Gasteiger partial charge < -0.3 is 14.8 Å². The van der Waals surface area contributed by atoms with Crippen LogP contribution in [0.4, 0.5) is 0 Å². The number of fused-ring (bicyclic) bond motifs is 1. The van der Waals surface area contributed by atoms with Gasteiger partial charge in [-0.05, 0) is 62.3 Å². The van der Waals surface area contributed by atoms with Crippen LogP contribution < -0.4 is 5.32 Å². The minimum absolute atomic E-state index is 0.136. The van der Waals surface area contributed by atoms with Crippen LogP contribution in [0.2, 0.25) is 0 Å². The third-order valence-electron chi connectivity index (χ3n) is 7.30. The summed E-state index contributed by atoms with van der Waals surface area (Å²) in [6.07, 6.45) is 14.0. The molecule has 2 fully saturated rings. The number of piperidine rings is 1. The molecule has 1 aliphatic heterocycles. The van der Waals surface area contributed by atoms with Crippen molar-refractivity contribution in [2.24, 2.45) is 11.3 Å². The normalized spacial score (nSPS) is 22.0. The van der Waals surface area contributed by atoms with E-state index >= 15 is 0 Å². The van der Waals surface area contributed by atoms with Crippen LogP contribution in [0.5, 0.6) is 0 Å². The van der Waals surface area contributed by atoms with Gasteiger partial charge in [-0.15, -0.1) is 11.3 Å². The fourth-order valence-corrected chi connectivity index (χ4v) is 6.40. The van der Waals surface area contributed by atoms with Crippen LogP contribution in [0.25, 0.3) is 0 Å². The van der Waals surface area contributed by atoms with Gasteiger partial charge in [0.2, 0.25) is 5.91 Å². The molecule has 2 aromatic heterocycles. The Bertz CT molecular complexity index is 912. The Morgan fingerprint density at radius 3 is 2.87 bits per heavy atom. The van der Waals surface area contributed by atoms with Crippen LogP contribution in [0.3, 0.4) is 0 Å². The van der Waals surface area contributed by atoms with E-state index in [0.29, 0.717) is 6.54 Å². The molecule has 3 aliphatic rings. The number of nitrogens with one attached hydrogen (secondary N) is 1. The topological polar surface area (TPSA) is 67.2 Å². The molecule has 1 saturated carbocycles. The third-order valence-corrected chi connectivity index (χ3v) is 8.38. The lowest BCUT2D eigenvalue weighted by molar-refractivity contribution is -0.123. The first kappa shape index (κ1) is 19.8. The Balaban J connectivity index is 1.09. The number of hydrogen-bond donors (Lipinski definition) is 1. The molecule has 30 heavy (non-hydrogen) atoms. The lowest BCUT2D eigenvalue weighted by Gasteiger charge is -2.33. The third kappa shape index (κ3) is 3.80. The molecule has 2 aliphatic carbocycles. The summed E-state index contributed by atoms with van der Waals surface area (Å²) in [5.74, 6) is 0.551. The second kappa shape index (κ2) is 8.17.